The van der Waals surface area contributed by atoms with Crippen LogP contribution in [0.3, 0.4) is 0 Å². The molecule has 0 radical (unpaired) electrons. The van der Waals surface area contributed by atoms with E-state index in [9.17, 15) is 4.79 Å². The zero-order valence-electron chi connectivity index (χ0n) is 9.08. The Balaban J connectivity index is 2.62. The zero-order valence-corrected chi connectivity index (χ0v) is 10.6. The Morgan fingerprint density at radius 3 is 2.41 bits per heavy atom. The van der Waals surface area contributed by atoms with Gasteiger partial charge in [-0.1, -0.05) is 29.3 Å². The van der Waals surface area contributed by atoms with E-state index in [-0.39, 0.29) is 5.91 Å². The number of carbonyl (C=O) groups excluding carboxylic acids is 1. The molecular weight excluding hydrogens is 259 g/mol. The molecule has 88 valence electrons. The molecule has 0 aliphatic carbocycles. The molecule has 1 N–H and O–H groups in total. The van der Waals surface area contributed by atoms with Crippen LogP contribution in [0.2, 0.25) is 10.0 Å². The molecule has 3 nitrogen and oxygen atoms in total. The number of para-hydroxylation sites is 1. The molecule has 0 unspecified atom stereocenters. The van der Waals surface area contributed by atoms with Crippen molar-refractivity contribution in [3.05, 3.63) is 52.3 Å². The number of hydrogen-bond acceptors (Lipinski definition) is 1. The van der Waals surface area contributed by atoms with E-state index in [0.717, 1.165) is 0 Å². The Morgan fingerprint density at radius 2 is 1.82 bits per heavy atom. The summed E-state index contributed by atoms with van der Waals surface area (Å²) in [6.45, 7) is 0. The summed E-state index contributed by atoms with van der Waals surface area (Å²) < 4.78 is 1.67. The number of nitrogens with one attached hydrogen (secondary N) is 1. The molecule has 2 aromatic rings. The van der Waals surface area contributed by atoms with Gasteiger partial charge in [-0.25, -0.2) is 0 Å². The molecular formula is C12H10Cl2N2O. The molecule has 0 saturated heterocycles. The summed E-state index contributed by atoms with van der Waals surface area (Å²) >= 11 is 12.2. The molecule has 0 fully saturated rings. The number of benzene rings is 1. The van der Waals surface area contributed by atoms with E-state index in [4.69, 9.17) is 23.2 Å². The summed E-state index contributed by atoms with van der Waals surface area (Å²) in [5.74, 6) is -0.189. The standard InChI is InChI=1S/C12H10Cl2N2O/c1-15-12(17)10-6-3-7-16(10)11-8(13)4-2-5-9(11)14/h2-7H,1H3,(H,15,17). The largest absolute Gasteiger partial charge is 0.354 e. The minimum atomic E-state index is -0.189. The van der Waals surface area contributed by atoms with Gasteiger partial charge >= 0.3 is 0 Å². The quantitative estimate of drug-likeness (QED) is 0.892. The van der Waals surface area contributed by atoms with Crippen molar-refractivity contribution in [3.8, 4) is 5.69 Å². The van der Waals surface area contributed by atoms with Gasteiger partial charge in [-0.05, 0) is 24.3 Å². The highest BCUT2D eigenvalue weighted by molar-refractivity contribution is 6.37. The first-order valence-corrected chi connectivity index (χ1v) is 5.74. The monoisotopic (exact) mass is 268 g/mol. The van der Waals surface area contributed by atoms with Crippen LogP contribution in [0, 0.1) is 0 Å². The maximum Gasteiger partial charge on any atom is 0.268 e. The lowest BCUT2D eigenvalue weighted by Crippen LogP contribution is -2.21. The van der Waals surface area contributed by atoms with Crippen LogP contribution in [0.15, 0.2) is 36.5 Å². The van der Waals surface area contributed by atoms with Gasteiger partial charge in [0.2, 0.25) is 0 Å². The zero-order chi connectivity index (χ0) is 12.4. The normalized spacial score (nSPS) is 10.3. The van der Waals surface area contributed by atoms with Gasteiger partial charge in [0, 0.05) is 13.2 Å². The Morgan fingerprint density at radius 1 is 1.18 bits per heavy atom. The van der Waals surface area contributed by atoms with Crippen LogP contribution in [0.25, 0.3) is 5.69 Å². The summed E-state index contributed by atoms with van der Waals surface area (Å²) in [4.78, 5) is 11.7. The van der Waals surface area contributed by atoms with Gasteiger partial charge in [0.15, 0.2) is 0 Å². The SMILES string of the molecule is CNC(=O)c1cccn1-c1c(Cl)cccc1Cl. The van der Waals surface area contributed by atoms with E-state index >= 15 is 0 Å². The number of carbonyl (C=O) groups is 1. The van der Waals surface area contributed by atoms with Gasteiger partial charge in [-0.15, -0.1) is 0 Å². The molecule has 0 spiro atoms. The van der Waals surface area contributed by atoms with E-state index in [1.54, 1.807) is 48.1 Å². The number of rotatable bonds is 2. The molecule has 2 rings (SSSR count). The Kier molecular flexibility index (Phi) is 3.41. The van der Waals surface area contributed by atoms with Crippen LogP contribution in [-0.4, -0.2) is 17.5 Å². The molecule has 0 atom stereocenters. The second-order valence-corrected chi connectivity index (χ2v) is 4.23. The molecule has 17 heavy (non-hydrogen) atoms. The smallest absolute Gasteiger partial charge is 0.268 e. The molecule has 0 aliphatic rings. The van der Waals surface area contributed by atoms with Gasteiger partial charge in [-0.3, -0.25) is 4.79 Å². The third-order valence-electron chi connectivity index (χ3n) is 2.39. The summed E-state index contributed by atoms with van der Waals surface area (Å²) in [5.41, 5.74) is 1.10. The summed E-state index contributed by atoms with van der Waals surface area (Å²) in [5, 5.41) is 3.57. The number of halogens is 2. The average molecular weight is 269 g/mol. The van der Waals surface area contributed by atoms with Gasteiger partial charge in [0.25, 0.3) is 5.91 Å². The molecule has 0 saturated carbocycles. The highest BCUT2D eigenvalue weighted by atomic mass is 35.5. The number of hydrogen-bond donors (Lipinski definition) is 1. The molecule has 1 amide bonds. The Hall–Kier alpha value is -1.45. The van der Waals surface area contributed by atoms with Gasteiger partial charge in [-0.2, -0.15) is 0 Å². The van der Waals surface area contributed by atoms with Crippen molar-refractivity contribution in [1.29, 1.82) is 0 Å². The number of amides is 1. The highest BCUT2D eigenvalue weighted by Crippen LogP contribution is 2.29. The van der Waals surface area contributed by atoms with Crippen LogP contribution < -0.4 is 5.32 Å². The molecule has 1 heterocycles. The van der Waals surface area contributed by atoms with E-state index in [2.05, 4.69) is 5.32 Å². The lowest BCUT2D eigenvalue weighted by atomic mass is 10.3. The van der Waals surface area contributed by atoms with Gasteiger partial charge < -0.3 is 9.88 Å². The van der Waals surface area contributed by atoms with E-state index < -0.39 is 0 Å². The number of nitrogens with zero attached hydrogens (tertiary/aromatic N) is 1. The summed E-state index contributed by atoms with van der Waals surface area (Å²) in [6, 6.07) is 8.70. The second kappa shape index (κ2) is 4.82. The van der Waals surface area contributed by atoms with Crippen LogP contribution in [0.5, 0.6) is 0 Å². The van der Waals surface area contributed by atoms with Gasteiger partial charge in [0.1, 0.15) is 5.69 Å². The summed E-state index contributed by atoms with van der Waals surface area (Å²) in [6.07, 6.45) is 1.75. The van der Waals surface area contributed by atoms with E-state index in [1.807, 2.05) is 0 Å². The first-order chi connectivity index (χ1) is 8.15. The van der Waals surface area contributed by atoms with Crippen molar-refractivity contribution in [3.63, 3.8) is 0 Å². The maximum absolute atomic E-state index is 11.7. The summed E-state index contributed by atoms with van der Waals surface area (Å²) in [7, 11) is 1.58. The van der Waals surface area contributed by atoms with Crippen molar-refractivity contribution in [2.45, 2.75) is 0 Å². The molecule has 5 heteroatoms. The van der Waals surface area contributed by atoms with Crippen molar-refractivity contribution < 1.29 is 4.79 Å². The van der Waals surface area contributed by atoms with Crippen molar-refractivity contribution in [2.24, 2.45) is 0 Å². The van der Waals surface area contributed by atoms with Crippen LogP contribution in [0.1, 0.15) is 10.5 Å². The first kappa shape index (κ1) is 12.0. The van der Waals surface area contributed by atoms with Crippen molar-refractivity contribution in [1.82, 2.24) is 9.88 Å². The predicted molar refractivity (Wildman–Crippen MR) is 69.2 cm³/mol. The van der Waals surface area contributed by atoms with Crippen molar-refractivity contribution in [2.75, 3.05) is 7.05 Å². The van der Waals surface area contributed by atoms with Crippen molar-refractivity contribution >= 4 is 29.1 Å². The molecule has 0 aliphatic heterocycles. The Bertz CT molecular complexity index is 543. The number of aromatic nitrogens is 1. The Labute approximate surface area is 109 Å². The lowest BCUT2D eigenvalue weighted by molar-refractivity contribution is 0.0956. The third-order valence-corrected chi connectivity index (χ3v) is 3.00. The molecule has 1 aromatic heterocycles. The maximum atomic E-state index is 11.7. The van der Waals surface area contributed by atoms with E-state index in [1.165, 1.54) is 0 Å². The molecule has 1 aromatic carbocycles. The average Bonchev–Trinajstić information content (AvgIpc) is 2.77. The minimum absolute atomic E-state index is 0.189. The highest BCUT2D eigenvalue weighted by Gasteiger charge is 2.14. The minimum Gasteiger partial charge on any atom is -0.354 e. The fourth-order valence-corrected chi connectivity index (χ4v) is 2.19. The van der Waals surface area contributed by atoms with Crippen LogP contribution in [0.4, 0.5) is 0 Å². The van der Waals surface area contributed by atoms with Gasteiger partial charge in [0.05, 0.1) is 15.7 Å². The molecule has 0 bridgehead atoms. The van der Waals surface area contributed by atoms with E-state index in [0.29, 0.717) is 21.4 Å². The lowest BCUT2D eigenvalue weighted by Gasteiger charge is -2.11. The topological polar surface area (TPSA) is 34.0 Å². The fraction of sp³-hybridized carbons (Fsp3) is 0.0833. The first-order valence-electron chi connectivity index (χ1n) is 4.99. The van der Waals surface area contributed by atoms with Crippen LogP contribution >= 0.6 is 23.2 Å². The second-order valence-electron chi connectivity index (χ2n) is 3.41. The van der Waals surface area contributed by atoms with Crippen LogP contribution in [-0.2, 0) is 0 Å². The fourth-order valence-electron chi connectivity index (χ4n) is 1.61. The third kappa shape index (κ3) is 2.16. The predicted octanol–water partition coefficient (Wildman–Crippen LogP) is 3.14.